The van der Waals surface area contributed by atoms with Crippen LogP contribution in [-0.2, 0) is 6.42 Å². The molecule has 2 atom stereocenters. The van der Waals surface area contributed by atoms with Crippen molar-refractivity contribution in [2.45, 2.75) is 18.6 Å². The molecule has 0 amide bonds. The minimum Gasteiger partial charge on any atom is -0.391 e. The van der Waals surface area contributed by atoms with Crippen LogP contribution in [0.3, 0.4) is 0 Å². The van der Waals surface area contributed by atoms with E-state index in [9.17, 15) is 5.11 Å². The first-order valence-electron chi connectivity index (χ1n) is 4.01. The van der Waals surface area contributed by atoms with Gasteiger partial charge in [-0.25, -0.2) is 0 Å². The van der Waals surface area contributed by atoms with E-state index in [4.69, 9.17) is 28.9 Å². The number of rotatable bonds is 0. The average molecular weight is 218 g/mol. The van der Waals surface area contributed by atoms with Gasteiger partial charge >= 0.3 is 0 Å². The Morgan fingerprint density at radius 1 is 1.38 bits per heavy atom. The molecule has 3 N–H and O–H groups in total. The van der Waals surface area contributed by atoms with Gasteiger partial charge in [0.1, 0.15) is 0 Å². The second-order valence-corrected chi connectivity index (χ2v) is 4.10. The first kappa shape index (κ1) is 9.28. The van der Waals surface area contributed by atoms with E-state index in [-0.39, 0.29) is 6.04 Å². The van der Waals surface area contributed by atoms with Gasteiger partial charge in [0.25, 0.3) is 0 Å². The zero-order valence-corrected chi connectivity index (χ0v) is 8.31. The van der Waals surface area contributed by atoms with E-state index in [2.05, 4.69) is 0 Å². The molecule has 2 nitrogen and oxygen atoms in total. The maximum atomic E-state index is 9.51. The molecule has 1 aliphatic carbocycles. The lowest BCUT2D eigenvalue weighted by Crippen LogP contribution is -2.21. The Labute approximate surface area is 86.3 Å². The zero-order valence-electron chi connectivity index (χ0n) is 6.80. The molecular formula is C9H9Cl2NO. The Bertz CT molecular complexity index is 354. The summed E-state index contributed by atoms with van der Waals surface area (Å²) in [5.74, 6) is 0. The highest BCUT2D eigenvalue weighted by atomic mass is 35.5. The van der Waals surface area contributed by atoms with Crippen LogP contribution in [0.25, 0.3) is 0 Å². The number of aliphatic hydroxyl groups excluding tert-OH is 1. The van der Waals surface area contributed by atoms with Gasteiger partial charge in [-0.15, -0.1) is 0 Å². The molecule has 70 valence electrons. The molecule has 0 fully saturated rings. The lowest BCUT2D eigenvalue weighted by molar-refractivity contribution is 0.158. The Morgan fingerprint density at radius 2 is 2.08 bits per heavy atom. The fourth-order valence-electron chi connectivity index (χ4n) is 1.68. The van der Waals surface area contributed by atoms with Crippen molar-refractivity contribution >= 4 is 23.2 Å². The van der Waals surface area contributed by atoms with Crippen LogP contribution in [0.15, 0.2) is 12.1 Å². The molecule has 0 radical (unpaired) electrons. The lowest BCUT2D eigenvalue weighted by Gasteiger charge is -2.08. The molecule has 1 aromatic rings. The predicted molar refractivity (Wildman–Crippen MR) is 53.1 cm³/mol. The normalized spacial score (nSPS) is 26.2. The number of nitrogens with two attached hydrogens (primary N) is 1. The number of aliphatic hydroxyl groups is 1. The van der Waals surface area contributed by atoms with Crippen molar-refractivity contribution in [1.29, 1.82) is 0 Å². The maximum Gasteiger partial charge on any atom is 0.0773 e. The van der Waals surface area contributed by atoms with Crippen LogP contribution >= 0.6 is 23.2 Å². The van der Waals surface area contributed by atoms with E-state index in [0.29, 0.717) is 16.5 Å². The first-order chi connectivity index (χ1) is 6.09. The highest BCUT2D eigenvalue weighted by molar-refractivity contribution is 6.35. The molecule has 0 unspecified atom stereocenters. The van der Waals surface area contributed by atoms with E-state index < -0.39 is 6.10 Å². The van der Waals surface area contributed by atoms with E-state index in [0.717, 1.165) is 11.1 Å². The van der Waals surface area contributed by atoms with Gasteiger partial charge in [0.2, 0.25) is 0 Å². The van der Waals surface area contributed by atoms with Gasteiger partial charge in [0.05, 0.1) is 12.1 Å². The van der Waals surface area contributed by atoms with Crippen molar-refractivity contribution in [2.24, 2.45) is 5.73 Å². The number of hydrogen-bond donors (Lipinski definition) is 2. The second-order valence-electron chi connectivity index (χ2n) is 3.25. The molecule has 0 aliphatic heterocycles. The van der Waals surface area contributed by atoms with Crippen molar-refractivity contribution in [1.82, 2.24) is 0 Å². The number of benzene rings is 1. The summed E-state index contributed by atoms with van der Waals surface area (Å²) in [4.78, 5) is 0. The third kappa shape index (κ3) is 1.44. The largest absolute Gasteiger partial charge is 0.391 e. The summed E-state index contributed by atoms with van der Waals surface area (Å²) in [6.45, 7) is 0. The minimum atomic E-state index is -0.536. The number of halogens is 2. The Hall–Kier alpha value is -0.280. The first-order valence-corrected chi connectivity index (χ1v) is 4.76. The van der Waals surface area contributed by atoms with E-state index in [1.165, 1.54) is 0 Å². The second kappa shape index (κ2) is 3.14. The highest BCUT2D eigenvalue weighted by Crippen LogP contribution is 2.36. The van der Waals surface area contributed by atoms with Gasteiger partial charge in [-0.1, -0.05) is 23.2 Å². The van der Waals surface area contributed by atoms with Crippen molar-refractivity contribution in [3.8, 4) is 0 Å². The Morgan fingerprint density at radius 3 is 2.77 bits per heavy atom. The number of fused-ring (bicyclic) bond motifs is 1. The summed E-state index contributed by atoms with van der Waals surface area (Å²) in [6.07, 6.45) is -0.0158. The van der Waals surface area contributed by atoms with Crippen LogP contribution in [0.1, 0.15) is 17.2 Å². The topological polar surface area (TPSA) is 46.2 Å². The van der Waals surface area contributed by atoms with Gasteiger partial charge in [-0.05, 0) is 23.3 Å². The van der Waals surface area contributed by atoms with Gasteiger partial charge in [-0.2, -0.15) is 0 Å². The van der Waals surface area contributed by atoms with Crippen LogP contribution in [0, 0.1) is 0 Å². The monoisotopic (exact) mass is 217 g/mol. The molecular weight excluding hydrogens is 209 g/mol. The smallest absolute Gasteiger partial charge is 0.0773 e. The molecule has 0 bridgehead atoms. The van der Waals surface area contributed by atoms with E-state index in [1.54, 1.807) is 12.1 Å². The summed E-state index contributed by atoms with van der Waals surface area (Å²) in [5, 5.41) is 10.7. The fraction of sp³-hybridized carbons (Fsp3) is 0.333. The molecule has 2 rings (SSSR count). The van der Waals surface area contributed by atoms with Crippen molar-refractivity contribution in [2.75, 3.05) is 0 Å². The minimum absolute atomic E-state index is 0.355. The predicted octanol–water partition coefficient (Wildman–Crippen LogP) is 1.91. The fourth-order valence-corrected chi connectivity index (χ4v) is 2.27. The van der Waals surface area contributed by atoms with Crippen LogP contribution in [0.2, 0.25) is 10.0 Å². The molecule has 13 heavy (non-hydrogen) atoms. The van der Waals surface area contributed by atoms with Crippen LogP contribution < -0.4 is 5.73 Å². The maximum absolute atomic E-state index is 9.51. The molecule has 1 aromatic carbocycles. The quantitative estimate of drug-likeness (QED) is 0.698. The molecule has 0 heterocycles. The molecule has 0 spiro atoms. The van der Waals surface area contributed by atoms with Crippen molar-refractivity contribution < 1.29 is 5.11 Å². The molecule has 1 aliphatic rings. The van der Waals surface area contributed by atoms with Crippen LogP contribution in [0.5, 0.6) is 0 Å². The summed E-state index contributed by atoms with van der Waals surface area (Å²) in [7, 11) is 0. The average Bonchev–Trinajstić information content (AvgIpc) is 2.32. The van der Waals surface area contributed by atoms with Crippen molar-refractivity contribution in [3.05, 3.63) is 33.3 Å². The van der Waals surface area contributed by atoms with Gasteiger partial charge in [0, 0.05) is 16.5 Å². The third-order valence-corrected chi connectivity index (χ3v) is 2.94. The van der Waals surface area contributed by atoms with Crippen LogP contribution in [0.4, 0.5) is 0 Å². The zero-order chi connectivity index (χ0) is 9.59. The Kier molecular flexibility index (Phi) is 2.24. The third-order valence-electron chi connectivity index (χ3n) is 2.38. The lowest BCUT2D eigenvalue weighted by atomic mass is 10.1. The summed E-state index contributed by atoms with van der Waals surface area (Å²) >= 11 is 11.8. The van der Waals surface area contributed by atoms with Crippen LogP contribution in [-0.4, -0.2) is 11.2 Å². The molecule has 0 saturated carbocycles. The molecule has 0 saturated heterocycles. The van der Waals surface area contributed by atoms with Gasteiger partial charge < -0.3 is 10.8 Å². The highest BCUT2D eigenvalue weighted by Gasteiger charge is 2.29. The summed E-state index contributed by atoms with van der Waals surface area (Å²) in [6, 6.07) is 3.09. The molecule has 0 aromatic heterocycles. The SMILES string of the molecule is N[C@H]1c2cc(Cl)cc(Cl)c2C[C@H]1O. The van der Waals surface area contributed by atoms with Gasteiger partial charge in [0.15, 0.2) is 0 Å². The Balaban J connectivity index is 2.57. The van der Waals surface area contributed by atoms with Crippen molar-refractivity contribution in [3.63, 3.8) is 0 Å². The van der Waals surface area contributed by atoms with Gasteiger partial charge in [-0.3, -0.25) is 0 Å². The van der Waals surface area contributed by atoms with E-state index in [1.807, 2.05) is 0 Å². The summed E-state index contributed by atoms with van der Waals surface area (Å²) in [5.41, 5.74) is 7.55. The number of hydrogen-bond acceptors (Lipinski definition) is 2. The summed E-state index contributed by atoms with van der Waals surface area (Å²) < 4.78 is 0. The molecule has 4 heteroatoms. The standard InChI is InChI=1S/C9H9Cl2NO/c10-4-1-6-5(7(11)2-4)3-8(13)9(6)12/h1-2,8-9,13H,3,12H2/t8-,9+/m1/s1. The van der Waals surface area contributed by atoms with E-state index >= 15 is 0 Å².